The van der Waals surface area contributed by atoms with Gasteiger partial charge in [-0.1, -0.05) is 12.1 Å². The number of piperidine rings is 1. The second-order valence-corrected chi connectivity index (χ2v) is 8.93. The van der Waals surface area contributed by atoms with Crippen LogP contribution in [-0.2, 0) is 22.5 Å². The summed E-state index contributed by atoms with van der Waals surface area (Å²) in [5.41, 5.74) is 2.39. The number of rotatable bonds is 9. The fourth-order valence-electron chi connectivity index (χ4n) is 4.94. The Labute approximate surface area is 195 Å². The number of hydrogen-bond donors (Lipinski definition) is 0. The first-order valence-electron chi connectivity index (χ1n) is 11.7. The summed E-state index contributed by atoms with van der Waals surface area (Å²) >= 11 is 0. The molecule has 33 heavy (non-hydrogen) atoms. The zero-order valence-corrected chi connectivity index (χ0v) is 19.6. The molecular formula is C25H33N5O3. The van der Waals surface area contributed by atoms with Crippen molar-refractivity contribution in [3.8, 4) is 0 Å². The van der Waals surface area contributed by atoms with E-state index in [1.54, 1.807) is 18.2 Å². The van der Waals surface area contributed by atoms with Crippen molar-refractivity contribution in [3.05, 3.63) is 59.7 Å². The summed E-state index contributed by atoms with van der Waals surface area (Å²) in [5, 5.41) is 0. The van der Waals surface area contributed by atoms with E-state index in [1.807, 2.05) is 43.5 Å². The van der Waals surface area contributed by atoms with Gasteiger partial charge in [0.05, 0.1) is 12.3 Å². The fourth-order valence-corrected chi connectivity index (χ4v) is 4.94. The molecule has 0 saturated carbocycles. The highest BCUT2D eigenvalue weighted by molar-refractivity contribution is 6.07. The minimum atomic E-state index is -0.763. The van der Waals surface area contributed by atoms with Crippen LogP contribution in [0.2, 0.25) is 0 Å². The van der Waals surface area contributed by atoms with E-state index < -0.39 is 5.54 Å². The maximum atomic E-state index is 13.6. The molecule has 1 spiro atoms. The first-order valence-corrected chi connectivity index (χ1v) is 11.7. The van der Waals surface area contributed by atoms with Crippen LogP contribution in [0.5, 0.6) is 0 Å². The summed E-state index contributed by atoms with van der Waals surface area (Å²) in [6.07, 6.45) is 6.35. The van der Waals surface area contributed by atoms with Gasteiger partial charge in [0, 0.05) is 57.9 Å². The van der Waals surface area contributed by atoms with Crippen molar-refractivity contribution >= 4 is 11.9 Å². The normalized spacial score (nSPS) is 18.5. The average Bonchev–Trinajstić information content (AvgIpc) is 3.01. The molecule has 0 unspecified atom stereocenters. The van der Waals surface area contributed by atoms with E-state index >= 15 is 0 Å². The van der Waals surface area contributed by atoms with Gasteiger partial charge in [0.15, 0.2) is 0 Å². The number of imide groups is 1. The van der Waals surface area contributed by atoms with Gasteiger partial charge < -0.3 is 9.64 Å². The van der Waals surface area contributed by atoms with Gasteiger partial charge >= 0.3 is 6.03 Å². The zero-order valence-electron chi connectivity index (χ0n) is 19.6. The molecule has 0 atom stereocenters. The molecule has 8 heteroatoms. The molecular weight excluding hydrogens is 418 g/mol. The predicted octanol–water partition coefficient (Wildman–Crippen LogP) is 2.66. The van der Waals surface area contributed by atoms with Gasteiger partial charge in [-0.05, 0) is 56.4 Å². The number of aryl methyl sites for hydroxylation is 2. The molecule has 2 saturated heterocycles. The number of likely N-dealkylation sites (tertiary alicyclic amines) is 1. The SMILES string of the molecule is COCCN1C(=O)N(CCCc2cccnc2)C(=O)C12CCN(Cc1cccc(C)n1)CC2. The fraction of sp³-hybridized carbons (Fsp3) is 0.520. The van der Waals surface area contributed by atoms with Crippen LogP contribution < -0.4 is 0 Å². The number of nitrogens with zero attached hydrogens (tertiary/aromatic N) is 5. The molecule has 3 amide bonds. The number of aromatic nitrogens is 2. The molecule has 2 aliphatic rings. The highest BCUT2D eigenvalue weighted by Gasteiger charge is 2.57. The van der Waals surface area contributed by atoms with Crippen molar-refractivity contribution < 1.29 is 14.3 Å². The number of carbonyl (C=O) groups is 2. The molecule has 0 bridgehead atoms. The van der Waals surface area contributed by atoms with Crippen LogP contribution in [0.15, 0.2) is 42.7 Å². The quantitative estimate of drug-likeness (QED) is 0.546. The summed E-state index contributed by atoms with van der Waals surface area (Å²) in [5.74, 6) is -0.0527. The van der Waals surface area contributed by atoms with Gasteiger partial charge in [-0.15, -0.1) is 0 Å². The van der Waals surface area contributed by atoms with Crippen LogP contribution >= 0.6 is 0 Å². The molecule has 2 aliphatic heterocycles. The summed E-state index contributed by atoms with van der Waals surface area (Å²) in [6, 6.07) is 9.80. The van der Waals surface area contributed by atoms with Crippen molar-refractivity contribution in [1.82, 2.24) is 24.7 Å². The summed E-state index contributed by atoms with van der Waals surface area (Å²) in [6.45, 7) is 5.53. The number of amides is 3. The van der Waals surface area contributed by atoms with Crippen LogP contribution in [0, 0.1) is 6.92 Å². The van der Waals surface area contributed by atoms with Gasteiger partial charge in [0.2, 0.25) is 0 Å². The Morgan fingerprint density at radius 2 is 1.91 bits per heavy atom. The Hall–Kier alpha value is -2.84. The van der Waals surface area contributed by atoms with Crippen LogP contribution in [-0.4, -0.2) is 82.0 Å². The number of hydrogen-bond acceptors (Lipinski definition) is 6. The lowest BCUT2D eigenvalue weighted by molar-refractivity contribution is -0.136. The second kappa shape index (κ2) is 10.4. The van der Waals surface area contributed by atoms with E-state index in [-0.39, 0.29) is 11.9 Å². The van der Waals surface area contributed by atoms with Crippen LogP contribution in [0.3, 0.4) is 0 Å². The van der Waals surface area contributed by atoms with E-state index in [2.05, 4.69) is 14.9 Å². The lowest BCUT2D eigenvalue weighted by Gasteiger charge is -2.42. The van der Waals surface area contributed by atoms with Crippen molar-refractivity contribution in [2.75, 3.05) is 39.9 Å². The average molecular weight is 452 g/mol. The Bertz CT molecular complexity index is 960. The van der Waals surface area contributed by atoms with Gasteiger partial charge in [-0.2, -0.15) is 0 Å². The molecule has 4 heterocycles. The predicted molar refractivity (Wildman–Crippen MR) is 124 cm³/mol. The lowest BCUT2D eigenvalue weighted by atomic mass is 9.85. The highest BCUT2D eigenvalue weighted by Crippen LogP contribution is 2.37. The molecule has 0 aliphatic carbocycles. The molecule has 2 fully saturated rings. The topological polar surface area (TPSA) is 78.9 Å². The zero-order chi connectivity index (χ0) is 23.3. The molecule has 2 aromatic rings. The molecule has 0 radical (unpaired) electrons. The number of methoxy groups -OCH3 is 1. The summed E-state index contributed by atoms with van der Waals surface area (Å²) in [4.78, 5) is 41.2. The standard InChI is InChI=1S/C25H33N5O3/c1-20-6-3-9-22(27-20)19-28-14-10-25(11-15-28)23(31)29(24(32)30(25)16-17-33-2)13-5-8-21-7-4-12-26-18-21/h3-4,6-7,9,12,18H,5,8,10-11,13-17,19H2,1-2H3. The van der Waals surface area contributed by atoms with Gasteiger partial charge in [-0.25, -0.2) is 4.79 Å². The third kappa shape index (κ3) is 5.07. The van der Waals surface area contributed by atoms with Crippen molar-refractivity contribution in [3.63, 3.8) is 0 Å². The van der Waals surface area contributed by atoms with E-state index in [1.165, 1.54) is 4.90 Å². The van der Waals surface area contributed by atoms with Gasteiger partial charge in [-0.3, -0.25) is 24.6 Å². The first-order chi connectivity index (χ1) is 16.0. The first kappa shape index (κ1) is 23.3. The maximum absolute atomic E-state index is 13.6. The minimum absolute atomic E-state index is 0.0527. The third-order valence-electron chi connectivity index (χ3n) is 6.73. The number of urea groups is 1. The number of ether oxygens (including phenoxy) is 1. The Morgan fingerprint density at radius 1 is 1.09 bits per heavy atom. The molecule has 0 aromatic carbocycles. The molecule has 4 rings (SSSR count). The monoisotopic (exact) mass is 451 g/mol. The maximum Gasteiger partial charge on any atom is 0.327 e. The lowest BCUT2D eigenvalue weighted by Crippen LogP contribution is -2.57. The van der Waals surface area contributed by atoms with Crippen LogP contribution in [0.4, 0.5) is 4.79 Å². The smallest absolute Gasteiger partial charge is 0.327 e. The molecule has 8 nitrogen and oxygen atoms in total. The van der Waals surface area contributed by atoms with Crippen molar-refractivity contribution in [2.45, 2.75) is 44.7 Å². The Kier molecular flexibility index (Phi) is 7.35. The minimum Gasteiger partial charge on any atom is -0.383 e. The number of carbonyl (C=O) groups excluding carboxylic acids is 2. The molecule has 2 aromatic heterocycles. The number of pyridine rings is 2. The summed E-state index contributed by atoms with van der Waals surface area (Å²) in [7, 11) is 1.62. The largest absolute Gasteiger partial charge is 0.383 e. The third-order valence-corrected chi connectivity index (χ3v) is 6.73. The van der Waals surface area contributed by atoms with E-state index in [9.17, 15) is 9.59 Å². The highest BCUT2D eigenvalue weighted by atomic mass is 16.5. The van der Waals surface area contributed by atoms with E-state index in [4.69, 9.17) is 4.74 Å². The Balaban J connectivity index is 1.42. The van der Waals surface area contributed by atoms with Crippen molar-refractivity contribution in [2.24, 2.45) is 0 Å². The van der Waals surface area contributed by atoms with E-state index in [0.29, 0.717) is 32.5 Å². The van der Waals surface area contributed by atoms with Crippen LogP contribution in [0.25, 0.3) is 0 Å². The van der Waals surface area contributed by atoms with E-state index in [0.717, 1.165) is 49.4 Å². The van der Waals surface area contributed by atoms with Gasteiger partial charge in [0.25, 0.3) is 5.91 Å². The Morgan fingerprint density at radius 3 is 2.61 bits per heavy atom. The van der Waals surface area contributed by atoms with Crippen LogP contribution in [0.1, 0.15) is 36.2 Å². The van der Waals surface area contributed by atoms with Gasteiger partial charge in [0.1, 0.15) is 5.54 Å². The molecule has 176 valence electrons. The van der Waals surface area contributed by atoms with Crippen molar-refractivity contribution in [1.29, 1.82) is 0 Å². The second-order valence-electron chi connectivity index (χ2n) is 8.93. The summed E-state index contributed by atoms with van der Waals surface area (Å²) < 4.78 is 5.26. The molecule has 0 N–H and O–H groups in total.